The number of benzene rings is 2. The minimum absolute atomic E-state index is 0.136. The Kier molecular flexibility index (Phi) is 8.83. The summed E-state index contributed by atoms with van der Waals surface area (Å²) in [5.41, 5.74) is 1.74. The van der Waals surface area contributed by atoms with Crippen LogP contribution in [0.25, 0.3) is 11.3 Å². The van der Waals surface area contributed by atoms with Crippen molar-refractivity contribution in [2.24, 2.45) is 0 Å². The van der Waals surface area contributed by atoms with Crippen LogP contribution in [0.3, 0.4) is 0 Å². The molecule has 2 heterocycles. The maximum absolute atomic E-state index is 14.3. The molecule has 0 unspecified atom stereocenters. The molecule has 0 bridgehead atoms. The van der Waals surface area contributed by atoms with Gasteiger partial charge < -0.3 is 29.4 Å². The molecule has 1 aliphatic carbocycles. The van der Waals surface area contributed by atoms with Crippen LogP contribution in [-0.4, -0.2) is 77.1 Å². The van der Waals surface area contributed by atoms with Crippen molar-refractivity contribution >= 4 is 5.91 Å². The van der Waals surface area contributed by atoms with Crippen molar-refractivity contribution in [2.45, 2.75) is 56.7 Å². The van der Waals surface area contributed by atoms with Gasteiger partial charge in [0.05, 0.1) is 31.3 Å². The number of amides is 1. The molecule has 3 atom stereocenters. The molecule has 214 valence electrons. The molecule has 2 N–H and O–H groups in total. The molecular weight excluding hydrogens is 511 g/mol. The van der Waals surface area contributed by atoms with E-state index in [9.17, 15) is 14.3 Å². The number of hydrogen-bond acceptors (Lipinski definition) is 6. The molecule has 2 aliphatic rings. The third-order valence-electron chi connectivity index (χ3n) is 8.14. The number of carbonyl (C=O) groups is 1. The number of nitrogens with one attached hydrogen (secondary N) is 1. The summed E-state index contributed by atoms with van der Waals surface area (Å²) in [4.78, 5) is 20.7. The lowest BCUT2D eigenvalue weighted by atomic mass is 9.80. The van der Waals surface area contributed by atoms with Gasteiger partial charge in [0.15, 0.2) is 17.3 Å². The van der Waals surface area contributed by atoms with Crippen molar-refractivity contribution in [2.75, 3.05) is 40.0 Å². The minimum atomic E-state index is -1.04. The van der Waals surface area contributed by atoms with Crippen LogP contribution in [0.4, 0.5) is 4.39 Å². The van der Waals surface area contributed by atoms with Crippen LogP contribution in [0.15, 0.2) is 54.9 Å². The largest absolute Gasteiger partial charge is 0.490 e. The Bertz CT molecular complexity index is 1300. The third-order valence-corrected chi connectivity index (χ3v) is 8.14. The number of aromatic nitrogens is 2. The van der Waals surface area contributed by atoms with E-state index >= 15 is 0 Å². The van der Waals surface area contributed by atoms with Gasteiger partial charge in [-0.05, 0) is 37.5 Å². The van der Waals surface area contributed by atoms with Gasteiger partial charge in [-0.1, -0.05) is 49.2 Å². The predicted molar refractivity (Wildman–Crippen MR) is 151 cm³/mol. The SMILES string of the molecule is COC[C@]1(O)CCCC[C@H]1n1cnc(C(=O)N2CCNC[C@H]2CCOc2ccc(C)cc2F)c1-c1ccccc1. The van der Waals surface area contributed by atoms with Crippen molar-refractivity contribution in [3.63, 3.8) is 0 Å². The molecule has 1 aromatic heterocycles. The fraction of sp³-hybridized carbons (Fsp3) is 0.484. The lowest BCUT2D eigenvalue weighted by Gasteiger charge is -2.41. The van der Waals surface area contributed by atoms with Gasteiger partial charge in [0.2, 0.25) is 0 Å². The summed E-state index contributed by atoms with van der Waals surface area (Å²) < 4.78 is 27.4. The van der Waals surface area contributed by atoms with Gasteiger partial charge in [-0.2, -0.15) is 0 Å². The summed E-state index contributed by atoms with van der Waals surface area (Å²) in [6.07, 6.45) is 5.55. The number of halogens is 1. The minimum Gasteiger partial charge on any atom is -0.490 e. The summed E-state index contributed by atoms with van der Waals surface area (Å²) in [7, 11) is 1.60. The zero-order valence-corrected chi connectivity index (χ0v) is 23.3. The predicted octanol–water partition coefficient (Wildman–Crippen LogP) is 4.37. The van der Waals surface area contributed by atoms with Crippen LogP contribution in [0.1, 0.15) is 54.2 Å². The highest BCUT2D eigenvalue weighted by atomic mass is 19.1. The molecule has 1 amide bonds. The Hall–Kier alpha value is -3.27. The van der Waals surface area contributed by atoms with Crippen molar-refractivity contribution in [3.05, 3.63) is 71.9 Å². The van der Waals surface area contributed by atoms with E-state index in [1.54, 1.807) is 19.5 Å². The van der Waals surface area contributed by atoms with Crippen LogP contribution >= 0.6 is 0 Å². The van der Waals surface area contributed by atoms with Gasteiger partial charge in [-0.15, -0.1) is 0 Å². The molecule has 9 heteroatoms. The topological polar surface area (TPSA) is 88.8 Å². The zero-order chi connectivity index (χ0) is 28.1. The first-order valence-corrected chi connectivity index (χ1v) is 14.2. The van der Waals surface area contributed by atoms with Crippen molar-refractivity contribution in [1.82, 2.24) is 19.8 Å². The molecule has 2 aromatic carbocycles. The fourth-order valence-electron chi connectivity index (χ4n) is 6.11. The number of rotatable bonds is 9. The number of imidazole rings is 1. The number of aryl methyl sites for hydroxylation is 1. The normalized spacial score (nSPS) is 23.2. The molecule has 1 saturated heterocycles. The number of piperazine rings is 1. The van der Waals surface area contributed by atoms with Crippen molar-refractivity contribution < 1.29 is 23.8 Å². The molecule has 1 saturated carbocycles. The summed E-state index contributed by atoms with van der Waals surface area (Å²) in [6.45, 7) is 4.15. The Labute approximate surface area is 235 Å². The van der Waals surface area contributed by atoms with Crippen LogP contribution in [0.5, 0.6) is 5.75 Å². The van der Waals surface area contributed by atoms with Crippen LogP contribution in [0.2, 0.25) is 0 Å². The number of methoxy groups -OCH3 is 1. The van der Waals surface area contributed by atoms with Gasteiger partial charge in [-0.3, -0.25) is 4.79 Å². The Morgan fingerprint density at radius 3 is 2.83 bits per heavy atom. The number of carbonyl (C=O) groups excluding carboxylic acids is 1. The molecule has 5 rings (SSSR count). The van der Waals surface area contributed by atoms with Gasteiger partial charge in [0.1, 0.15) is 5.60 Å². The molecule has 1 aliphatic heterocycles. The van der Waals surface area contributed by atoms with E-state index in [1.165, 1.54) is 6.07 Å². The Morgan fingerprint density at radius 1 is 1.23 bits per heavy atom. The van der Waals surface area contributed by atoms with E-state index in [-0.39, 0.29) is 42.8 Å². The Morgan fingerprint density at radius 2 is 2.05 bits per heavy atom. The smallest absolute Gasteiger partial charge is 0.275 e. The van der Waals surface area contributed by atoms with Crippen molar-refractivity contribution in [3.8, 4) is 17.0 Å². The third kappa shape index (κ3) is 5.92. The van der Waals surface area contributed by atoms with E-state index in [0.717, 1.165) is 30.4 Å². The number of ether oxygens (including phenoxy) is 2. The van der Waals surface area contributed by atoms with Crippen molar-refractivity contribution in [1.29, 1.82) is 0 Å². The second kappa shape index (κ2) is 12.5. The van der Waals surface area contributed by atoms with E-state index < -0.39 is 5.60 Å². The summed E-state index contributed by atoms with van der Waals surface area (Å²) in [6, 6.07) is 14.3. The molecule has 8 nitrogen and oxygen atoms in total. The molecule has 0 radical (unpaired) electrons. The highest BCUT2D eigenvalue weighted by Crippen LogP contribution is 2.41. The highest BCUT2D eigenvalue weighted by molar-refractivity contribution is 5.98. The summed E-state index contributed by atoms with van der Waals surface area (Å²) in [5, 5.41) is 15.0. The molecule has 40 heavy (non-hydrogen) atoms. The van der Waals surface area contributed by atoms with E-state index in [1.807, 2.05) is 52.8 Å². The molecule has 2 fully saturated rings. The quantitative estimate of drug-likeness (QED) is 0.411. The molecular formula is C31H39FN4O4. The first kappa shape index (κ1) is 28.3. The lowest BCUT2D eigenvalue weighted by Crippen LogP contribution is -2.54. The average molecular weight is 551 g/mol. The molecule has 0 spiro atoms. The van der Waals surface area contributed by atoms with Gasteiger partial charge >= 0.3 is 0 Å². The maximum atomic E-state index is 14.3. The van der Waals surface area contributed by atoms with Crippen LogP contribution < -0.4 is 10.1 Å². The highest BCUT2D eigenvalue weighted by Gasteiger charge is 2.42. The second-order valence-electron chi connectivity index (χ2n) is 10.9. The standard InChI is InChI=1S/C31H39FN4O4/c1-22-11-12-26(25(32)18-22)40-17-13-24-19-33-15-16-35(24)30(37)28-29(23-8-4-3-5-9-23)36(21-34-28)27-10-6-7-14-31(27,38)20-39-2/h3-5,8-9,11-12,18,21,24,27,33,38H,6-7,10,13-17,19-20H2,1-2H3/t24-,27-,31-/m1/s1. The maximum Gasteiger partial charge on any atom is 0.275 e. The average Bonchev–Trinajstić information content (AvgIpc) is 3.39. The second-order valence-corrected chi connectivity index (χ2v) is 10.9. The lowest BCUT2D eigenvalue weighted by molar-refractivity contribution is -0.0893. The number of aliphatic hydroxyl groups is 1. The first-order valence-electron chi connectivity index (χ1n) is 14.2. The first-order chi connectivity index (χ1) is 19.4. The fourth-order valence-corrected chi connectivity index (χ4v) is 6.11. The Balaban J connectivity index is 1.42. The summed E-state index contributed by atoms with van der Waals surface area (Å²) >= 11 is 0. The van der Waals surface area contributed by atoms with E-state index in [4.69, 9.17) is 9.47 Å². The number of hydrogen-bond donors (Lipinski definition) is 2. The van der Waals surface area contributed by atoms with E-state index in [0.29, 0.717) is 43.9 Å². The van der Waals surface area contributed by atoms with Gasteiger partial charge in [-0.25, -0.2) is 9.37 Å². The number of nitrogens with zero attached hydrogens (tertiary/aromatic N) is 3. The van der Waals surface area contributed by atoms with Crippen LogP contribution in [0, 0.1) is 12.7 Å². The summed E-state index contributed by atoms with van der Waals surface area (Å²) in [5.74, 6) is -0.325. The van der Waals surface area contributed by atoms with Gasteiger partial charge in [0, 0.05) is 44.8 Å². The monoisotopic (exact) mass is 550 g/mol. The van der Waals surface area contributed by atoms with Crippen LogP contribution in [-0.2, 0) is 4.74 Å². The van der Waals surface area contributed by atoms with E-state index in [2.05, 4.69) is 10.3 Å². The van der Waals surface area contributed by atoms with Gasteiger partial charge in [0.25, 0.3) is 5.91 Å². The zero-order valence-electron chi connectivity index (χ0n) is 23.3. The molecule has 3 aromatic rings.